The Labute approximate surface area is 298 Å². The molecule has 0 aromatic heterocycles. The number of carbonyl (C=O) groups excluding carboxylic acids is 2. The van der Waals surface area contributed by atoms with Crippen LogP contribution in [0.25, 0.3) is 0 Å². The lowest BCUT2D eigenvalue weighted by atomic mass is 9.95. The van der Waals surface area contributed by atoms with Gasteiger partial charge in [0.2, 0.25) is 0 Å². The van der Waals surface area contributed by atoms with Gasteiger partial charge < -0.3 is 34.5 Å². The lowest BCUT2D eigenvalue weighted by Gasteiger charge is -2.24. The maximum Gasteiger partial charge on any atom is 0.258 e. The summed E-state index contributed by atoms with van der Waals surface area (Å²) in [7, 11) is 1.59. The lowest BCUT2D eigenvalue weighted by Crippen LogP contribution is -2.32. The van der Waals surface area contributed by atoms with E-state index in [1.165, 1.54) is 0 Å². The number of amides is 2. The average molecular weight is 686 g/mol. The van der Waals surface area contributed by atoms with Crippen LogP contribution in [-0.2, 0) is 0 Å². The van der Waals surface area contributed by atoms with E-state index in [2.05, 4.69) is 27.0 Å². The molecule has 2 aliphatic rings. The third-order valence-corrected chi connectivity index (χ3v) is 9.13. The Bertz CT molecular complexity index is 1610. The molecule has 0 bridgehead atoms. The molecule has 2 amide bonds. The van der Waals surface area contributed by atoms with Gasteiger partial charge in [0, 0.05) is 23.5 Å². The van der Waals surface area contributed by atoms with E-state index in [0.717, 1.165) is 54.4 Å². The second-order valence-electron chi connectivity index (χ2n) is 13.5. The van der Waals surface area contributed by atoms with Gasteiger partial charge in [-0.2, -0.15) is 0 Å². The van der Waals surface area contributed by atoms with Crippen molar-refractivity contribution >= 4 is 11.8 Å². The molecule has 0 aliphatic carbocycles. The number of unbranched alkanes of at least 4 members (excludes halogenated alkanes) is 2. The average Bonchev–Trinajstić information content (AvgIpc) is 3.68. The van der Waals surface area contributed by atoms with Crippen LogP contribution in [0.2, 0.25) is 0 Å². The molecule has 2 aromatic carbocycles. The molecule has 9 nitrogen and oxygen atoms in total. The lowest BCUT2D eigenvalue weighted by molar-refractivity contribution is 0.0796. The van der Waals surface area contributed by atoms with Gasteiger partial charge in [-0.25, -0.2) is 0 Å². The smallest absolute Gasteiger partial charge is 0.258 e. The number of nitrogens with zero attached hydrogens (tertiary/aromatic N) is 2. The standard InChI is InChI=1S/C41H55N3O6/c1-9-31-19-28(5)25-43(31)40(45)34-23-39(50-18-14-15-42)37(21-30(34)7)48-16-12-11-13-17-49-38-22-33(27(3)4)35(24-36(38)47-8)41(46)44-26-29(6)20-32(44)10-2/h9-10,21-27,31-32H,1-2,11-20,42H2,3-8H3. The van der Waals surface area contributed by atoms with Crippen LogP contribution in [0.5, 0.6) is 23.0 Å². The number of methoxy groups -OCH3 is 1. The van der Waals surface area contributed by atoms with Gasteiger partial charge >= 0.3 is 0 Å². The fraction of sp³-hybridized carbons (Fsp3) is 0.463. The fourth-order valence-corrected chi connectivity index (χ4v) is 6.36. The first-order valence-electron chi connectivity index (χ1n) is 17.7. The molecule has 0 spiro atoms. The largest absolute Gasteiger partial charge is 0.493 e. The highest BCUT2D eigenvalue weighted by Gasteiger charge is 2.30. The number of aryl methyl sites for hydroxylation is 1. The summed E-state index contributed by atoms with van der Waals surface area (Å²) in [6.07, 6.45) is 12.2. The number of rotatable bonds is 18. The molecule has 2 N–H and O–H groups in total. The van der Waals surface area contributed by atoms with Gasteiger partial charge in [-0.1, -0.05) is 37.1 Å². The first-order valence-corrected chi connectivity index (χ1v) is 17.7. The SMILES string of the molecule is C=CC1CC(C)=CN1C(=O)c1cc(OCCCN)c(OCCCCCOc2cc(C(C)C)c(C(=O)N3C=C(C)CC3C=C)cc2OC)cc1C. The normalized spacial score (nSPS) is 17.0. The van der Waals surface area contributed by atoms with Crippen molar-refractivity contribution in [2.45, 2.75) is 91.1 Å². The minimum atomic E-state index is -0.0852. The summed E-state index contributed by atoms with van der Waals surface area (Å²) in [5, 5.41) is 0. The summed E-state index contributed by atoms with van der Waals surface area (Å²) in [4.78, 5) is 30.7. The molecule has 0 radical (unpaired) electrons. The van der Waals surface area contributed by atoms with Gasteiger partial charge in [-0.05, 0) is 107 Å². The van der Waals surface area contributed by atoms with E-state index in [-0.39, 0.29) is 29.8 Å². The molecule has 2 heterocycles. The Balaban J connectivity index is 1.35. The Morgan fingerprint density at radius 2 is 1.24 bits per heavy atom. The van der Waals surface area contributed by atoms with Gasteiger partial charge in [0.05, 0.1) is 39.0 Å². The first kappa shape index (κ1) is 38.3. The zero-order valence-electron chi connectivity index (χ0n) is 30.8. The summed E-state index contributed by atoms with van der Waals surface area (Å²) in [5.74, 6) is 2.27. The second-order valence-corrected chi connectivity index (χ2v) is 13.5. The molecular weight excluding hydrogens is 630 g/mol. The van der Waals surface area contributed by atoms with Crippen molar-refractivity contribution in [2.24, 2.45) is 5.73 Å². The summed E-state index contributed by atoms with van der Waals surface area (Å²) >= 11 is 0. The quantitative estimate of drug-likeness (QED) is 0.125. The molecule has 4 rings (SSSR count). The van der Waals surface area contributed by atoms with Gasteiger partial charge in [0.1, 0.15) is 0 Å². The minimum Gasteiger partial charge on any atom is -0.493 e. The molecule has 0 fully saturated rings. The van der Waals surface area contributed by atoms with E-state index < -0.39 is 0 Å². The highest BCUT2D eigenvalue weighted by atomic mass is 16.5. The summed E-state index contributed by atoms with van der Waals surface area (Å²) in [6.45, 7) is 19.9. The molecule has 0 saturated carbocycles. The molecule has 9 heteroatoms. The topological polar surface area (TPSA) is 104 Å². The van der Waals surface area contributed by atoms with Crippen LogP contribution in [0.15, 0.2) is 73.1 Å². The third kappa shape index (κ3) is 9.18. The van der Waals surface area contributed by atoms with Crippen LogP contribution in [0.1, 0.15) is 104 Å². The predicted molar refractivity (Wildman–Crippen MR) is 199 cm³/mol. The van der Waals surface area contributed by atoms with Crippen molar-refractivity contribution in [2.75, 3.05) is 33.5 Å². The van der Waals surface area contributed by atoms with E-state index >= 15 is 0 Å². The van der Waals surface area contributed by atoms with Crippen molar-refractivity contribution in [3.63, 3.8) is 0 Å². The molecular formula is C41H55N3O6. The van der Waals surface area contributed by atoms with Crippen molar-refractivity contribution in [3.8, 4) is 23.0 Å². The van der Waals surface area contributed by atoms with Crippen LogP contribution < -0.4 is 24.7 Å². The van der Waals surface area contributed by atoms with Crippen LogP contribution in [0, 0.1) is 6.92 Å². The van der Waals surface area contributed by atoms with Crippen LogP contribution in [0.4, 0.5) is 0 Å². The number of hydrogen-bond donors (Lipinski definition) is 1. The zero-order chi connectivity index (χ0) is 36.4. The van der Waals surface area contributed by atoms with Gasteiger partial charge in [-0.3, -0.25) is 9.59 Å². The molecule has 2 atom stereocenters. The predicted octanol–water partition coefficient (Wildman–Crippen LogP) is 8.09. The Morgan fingerprint density at radius 3 is 1.74 bits per heavy atom. The maximum atomic E-state index is 13.7. The zero-order valence-corrected chi connectivity index (χ0v) is 30.8. The van der Waals surface area contributed by atoms with E-state index in [0.29, 0.717) is 66.9 Å². The van der Waals surface area contributed by atoms with Crippen molar-refractivity contribution in [1.29, 1.82) is 0 Å². The van der Waals surface area contributed by atoms with Crippen LogP contribution in [-0.4, -0.2) is 67.2 Å². The monoisotopic (exact) mass is 685 g/mol. The van der Waals surface area contributed by atoms with Crippen molar-refractivity contribution < 1.29 is 28.5 Å². The number of benzene rings is 2. The molecule has 2 aliphatic heterocycles. The summed E-state index contributed by atoms with van der Waals surface area (Å²) < 4.78 is 24.1. The Morgan fingerprint density at radius 1 is 0.760 bits per heavy atom. The molecule has 50 heavy (non-hydrogen) atoms. The van der Waals surface area contributed by atoms with Crippen LogP contribution >= 0.6 is 0 Å². The molecule has 0 saturated heterocycles. The van der Waals surface area contributed by atoms with E-state index in [1.807, 2.05) is 57.5 Å². The fourth-order valence-electron chi connectivity index (χ4n) is 6.36. The van der Waals surface area contributed by atoms with E-state index in [9.17, 15) is 9.59 Å². The second kappa shape index (κ2) is 17.9. The van der Waals surface area contributed by atoms with E-state index in [4.69, 9.17) is 24.7 Å². The highest BCUT2D eigenvalue weighted by Crippen LogP contribution is 2.37. The Hall–Kier alpha value is -4.50. The number of ether oxygens (including phenoxy) is 4. The van der Waals surface area contributed by atoms with Gasteiger partial charge in [-0.15, -0.1) is 13.2 Å². The molecule has 270 valence electrons. The van der Waals surface area contributed by atoms with Gasteiger partial charge in [0.25, 0.3) is 11.8 Å². The number of carbonyl (C=O) groups is 2. The van der Waals surface area contributed by atoms with Crippen LogP contribution in [0.3, 0.4) is 0 Å². The minimum absolute atomic E-state index is 0.0522. The van der Waals surface area contributed by atoms with Crippen molar-refractivity contribution in [3.05, 3.63) is 95.4 Å². The highest BCUT2D eigenvalue weighted by molar-refractivity contribution is 5.98. The summed E-state index contributed by atoms with van der Waals surface area (Å²) in [6, 6.07) is 7.31. The number of hydrogen-bond acceptors (Lipinski definition) is 7. The molecule has 2 aromatic rings. The third-order valence-electron chi connectivity index (χ3n) is 9.13. The van der Waals surface area contributed by atoms with Gasteiger partial charge in [0.15, 0.2) is 23.0 Å². The number of nitrogens with two attached hydrogens (primary N) is 1. The van der Waals surface area contributed by atoms with E-state index in [1.54, 1.807) is 29.0 Å². The first-order chi connectivity index (χ1) is 24.0. The Kier molecular flexibility index (Phi) is 13.7. The maximum absolute atomic E-state index is 13.7. The summed E-state index contributed by atoms with van der Waals surface area (Å²) in [5.41, 5.74) is 10.9. The van der Waals surface area contributed by atoms with Crippen molar-refractivity contribution in [1.82, 2.24) is 9.80 Å². The molecule has 2 unspecified atom stereocenters.